The molecule has 12 rings (SSSR count). The summed E-state index contributed by atoms with van der Waals surface area (Å²) >= 11 is 0. The van der Waals surface area contributed by atoms with E-state index in [2.05, 4.69) is 193 Å². The highest BCUT2D eigenvalue weighted by atomic mass is 15.0. The zero-order valence-corrected chi connectivity index (χ0v) is 31.4. The SMILES string of the molecule is c1ccc(-c2cc(-c3cccc(-c4c(-c5ccccc5)nc5ccccn45)c3)nc(-c3ccc4c(c3)C3(c5ccccc5-c5ccccc53)c3ccccc3-4)n2)cc1. The first-order valence-electron chi connectivity index (χ1n) is 19.8. The lowest BCUT2D eigenvalue weighted by Gasteiger charge is -2.30. The monoisotopic (exact) mass is 738 g/mol. The number of aromatic nitrogens is 4. The number of hydrogen-bond acceptors (Lipinski definition) is 3. The highest BCUT2D eigenvalue weighted by Crippen LogP contribution is 2.63. The molecule has 4 heteroatoms. The van der Waals surface area contributed by atoms with E-state index in [-0.39, 0.29) is 0 Å². The number of imidazole rings is 1. The fourth-order valence-electron chi connectivity index (χ4n) is 9.61. The number of hydrogen-bond donors (Lipinski definition) is 0. The van der Waals surface area contributed by atoms with Crippen molar-refractivity contribution in [3.8, 4) is 78.7 Å². The smallest absolute Gasteiger partial charge is 0.160 e. The highest BCUT2D eigenvalue weighted by Gasteiger charge is 2.51. The molecule has 7 aromatic carbocycles. The first-order valence-corrected chi connectivity index (χ1v) is 19.8. The number of nitrogens with zero attached hydrogens (tertiary/aromatic N) is 4. The van der Waals surface area contributed by atoms with Gasteiger partial charge in [-0.15, -0.1) is 0 Å². The molecule has 0 atom stereocenters. The van der Waals surface area contributed by atoms with Gasteiger partial charge in [-0.1, -0.05) is 170 Å². The van der Waals surface area contributed by atoms with Gasteiger partial charge in [0.25, 0.3) is 0 Å². The third-order valence-corrected chi connectivity index (χ3v) is 12.1. The van der Waals surface area contributed by atoms with E-state index in [4.69, 9.17) is 15.0 Å². The maximum Gasteiger partial charge on any atom is 0.160 e. The van der Waals surface area contributed by atoms with Crippen molar-refractivity contribution in [2.24, 2.45) is 0 Å². The molecule has 2 aliphatic rings. The van der Waals surface area contributed by atoms with Gasteiger partial charge in [0.05, 0.1) is 28.2 Å². The molecule has 0 radical (unpaired) electrons. The number of fused-ring (bicyclic) bond motifs is 11. The molecule has 270 valence electrons. The van der Waals surface area contributed by atoms with Crippen molar-refractivity contribution < 1.29 is 0 Å². The highest BCUT2D eigenvalue weighted by molar-refractivity contribution is 5.96. The molecule has 10 aromatic rings. The molecule has 4 nitrogen and oxygen atoms in total. The Hall–Kier alpha value is -7.69. The molecule has 0 fully saturated rings. The molecule has 1 spiro atoms. The maximum absolute atomic E-state index is 5.41. The Kier molecular flexibility index (Phi) is 7.11. The Morgan fingerprint density at radius 2 is 0.879 bits per heavy atom. The predicted octanol–water partition coefficient (Wildman–Crippen LogP) is 12.8. The van der Waals surface area contributed by atoms with E-state index in [0.29, 0.717) is 5.82 Å². The lowest BCUT2D eigenvalue weighted by atomic mass is 9.70. The van der Waals surface area contributed by atoms with Gasteiger partial charge in [-0.2, -0.15) is 0 Å². The van der Waals surface area contributed by atoms with Crippen molar-refractivity contribution in [2.45, 2.75) is 5.41 Å². The van der Waals surface area contributed by atoms with Crippen LogP contribution in [0.25, 0.3) is 84.3 Å². The topological polar surface area (TPSA) is 43.1 Å². The van der Waals surface area contributed by atoms with Gasteiger partial charge in [0.15, 0.2) is 5.82 Å². The lowest BCUT2D eigenvalue weighted by molar-refractivity contribution is 0.794. The summed E-state index contributed by atoms with van der Waals surface area (Å²) in [5.41, 5.74) is 19.7. The van der Waals surface area contributed by atoms with E-state index < -0.39 is 5.41 Å². The van der Waals surface area contributed by atoms with Crippen LogP contribution in [0.3, 0.4) is 0 Å². The molecular weight excluding hydrogens is 705 g/mol. The van der Waals surface area contributed by atoms with Crippen molar-refractivity contribution in [3.05, 3.63) is 229 Å². The Morgan fingerprint density at radius 1 is 0.345 bits per heavy atom. The zero-order valence-electron chi connectivity index (χ0n) is 31.4. The molecule has 2 aliphatic carbocycles. The van der Waals surface area contributed by atoms with Gasteiger partial charge in [0.1, 0.15) is 5.65 Å². The molecule has 0 unspecified atom stereocenters. The first-order chi connectivity index (χ1) is 28.8. The van der Waals surface area contributed by atoms with Crippen LogP contribution in [0.1, 0.15) is 22.3 Å². The van der Waals surface area contributed by atoms with Gasteiger partial charge >= 0.3 is 0 Å². The van der Waals surface area contributed by atoms with Crippen molar-refractivity contribution in [3.63, 3.8) is 0 Å². The van der Waals surface area contributed by atoms with E-state index in [0.717, 1.165) is 56.2 Å². The Labute approximate surface area is 336 Å². The third kappa shape index (κ3) is 4.72. The molecule has 3 aromatic heterocycles. The van der Waals surface area contributed by atoms with Crippen LogP contribution in [0.5, 0.6) is 0 Å². The van der Waals surface area contributed by atoms with Crippen LogP contribution in [0.4, 0.5) is 0 Å². The molecular formula is C54H34N4. The molecule has 0 bridgehead atoms. The van der Waals surface area contributed by atoms with E-state index in [9.17, 15) is 0 Å². The molecule has 0 aliphatic heterocycles. The van der Waals surface area contributed by atoms with Gasteiger partial charge in [-0.05, 0) is 74.8 Å². The lowest BCUT2D eigenvalue weighted by Crippen LogP contribution is -2.25. The van der Waals surface area contributed by atoms with Crippen molar-refractivity contribution in [2.75, 3.05) is 0 Å². The van der Waals surface area contributed by atoms with E-state index in [1.54, 1.807) is 0 Å². The van der Waals surface area contributed by atoms with Crippen LogP contribution in [0, 0.1) is 0 Å². The summed E-state index contributed by atoms with van der Waals surface area (Å²) in [5, 5.41) is 0. The average molecular weight is 739 g/mol. The minimum absolute atomic E-state index is 0.451. The van der Waals surface area contributed by atoms with Crippen LogP contribution >= 0.6 is 0 Å². The molecule has 0 N–H and O–H groups in total. The zero-order chi connectivity index (χ0) is 38.2. The van der Waals surface area contributed by atoms with Crippen LogP contribution < -0.4 is 0 Å². The van der Waals surface area contributed by atoms with Crippen molar-refractivity contribution >= 4 is 5.65 Å². The van der Waals surface area contributed by atoms with E-state index in [1.165, 1.54) is 44.5 Å². The second-order valence-corrected chi connectivity index (χ2v) is 15.2. The van der Waals surface area contributed by atoms with Gasteiger partial charge in [0.2, 0.25) is 0 Å². The normalized spacial score (nSPS) is 13.0. The van der Waals surface area contributed by atoms with Crippen LogP contribution in [-0.2, 0) is 5.41 Å². The van der Waals surface area contributed by atoms with Crippen molar-refractivity contribution in [1.29, 1.82) is 0 Å². The Bertz CT molecular complexity index is 3170. The summed E-state index contributed by atoms with van der Waals surface area (Å²) in [6, 6.07) is 71.5. The average Bonchev–Trinajstić information content (AvgIpc) is 3.94. The predicted molar refractivity (Wildman–Crippen MR) is 234 cm³/mol. The van der Waals surface area contributed by atoms with E-state index >= 15 is 0 Å². The minimum atomic E-state index is -0.451. The number of benzene rings is 7. The maximum atomic E-state index is 5.41. The van der Waals surface area contributed by atoms with Crippen LogP contribution in [0.2, 0.25) is 0 Å². The van der Waals surface area contributed by atoms with Gasteiger partial charge in [-0.3, -0.25) is 4.40 Å². The summed E-state index contributed by atoms with van der Waals surface area (Å²) in [7, 11) is 0. The fourth-order valence-corrected chi connectivity index (χ4v) is 9.61. The summed E-state index contributed by atoms with van der Waals surface area (Å²) < 4.78 is 2.18. The standard InChI is InChI=1S/C54H34N4/c1-3-16-35(17-4-1)48-34-49(37-20-15-21-38(32-37)52-51(36-18-5-2-6-19-36)57-50-28-13-14-31-58(50)52)56-53(55-48)39-29-30-43-42-24-9-12-27-46(42)54(47(43)33-39)44-25-10-7-22-40(44)41-23-8-11-26-45(41)54/h1-34H. The first kappa shape index (κ1) is 32.5. The Balaban J connectivity index is 1.06. The second kappa shape index (κ2) is 12.7. The summed E-state index contributed by atoms with van der Waals surface area (Å²) in [6.45, 7) is 0. The van der Waals surface area contributed by atoms with Gasteiger partial charge < -0.3 is 0 Å². The second-order valence-electron chi connectivity index (χ2n) is 15.2. The molecule has 58 heavy (non-hydrogen) atoms. The summed E-state index contributed by atoms with van der Waals surface area (Å²) in [5.74, 6) is 0.690. The molecule has 0 saturated carbocycles. The summed E-state index contributed by atoms with van der Waals surface area (Å²) in [6.07, 6.45) is 2.09. The van der Waals surface area contributed by atoms with Crippen molar-refractivity contribution in [1.82, 2.24) is 19.4 Å². The molecule has 0 amide bonds. The number of pyridine rings is 1. The van der Waals surface area contributed by atoms with Gasteiger partial charge in [-0.25, -0.2) is 15.0 Å². The van der Waals surface area contributed by atoms with Gasteiger partial charge in [0, 0.05) is 34.0 Å². The molecule has 3 heterocycles. The third-order valence-electron chi connectivity index (χ3n) is 12.1. The largest absolute Gasteiger partial charge is 0.299 e. The summed E-state index contributed by atoms with van der Waals surface area (Å²) in [4.78, 5) is 15.8. The fraction of sp³-hybridized carbons (Fsp3) is 0.0185. The molecule has 0 saturated heterocycles. The van der Waals surface area contributed by atoms with Crippen LogP contribution in [-0.4, -0.2) is 19.4 Å². The van der Waals surface area contributed by atoms with E-state index in [1.807, 2.05) is 18.2 Å². The van der Waals surface area contributed by atoms with Crippen LogP contribution in [0.15, 0.2) is 206 Å². The quantitative estimate of drug-likeness (QED) is 0.177. The Morgan fingerprint density at radius 3 is 1.55 bits per heavy atom. The number of rotatable bonds is 5. The minimum Gasteiger partial charge on any atom is -0.299 e.